The van der Waals surface area contributed by atoms with Crippen LogP contribution in [0.1, 0.15) is 81.6 Å². The van der Waals surface area contributed by atoms with Crippen LogP contribution in [0.3, 0.4) is 0 Å². The van der Waals surface area contributed by atoms with Crippen molar-refractivity contribution in [3.8, 4) is 0 Å². The summed E-state index contributed by atoms with van der Waals surface area (Å²) in [6.07, 6.45) is 5.78. The number of aliphatic hydroxyl groups excluding tert-OH is 1. The summed E-state index contributed by atoms with van der Waals surface area (Å²) in [5.74, 6) is -1.34. The van der Waals surface area contributed by atoms with E-state index in [0.717, 1.165) is 25.5 Å². The minimum Gasteiger partial charge on any atom is -1.00 e. The predicted octanol–water partition coefficient (Wildman–Crippen LogP) is -2.21. The van der Waals surface area contributed by atoms with Crippen LogP contribution in [-0.2, 0) is 51.8 Å². The third kappa shape index (κ3) is 30.3. The SMILES string of the molecule is C.CC1(C)OC[C@H](CCO)O1.CC1(C)OC[C@H](CCOS(C)(=O)=O)O1.CCC[C@H]1COC(C)(C)O1.CS(=O)(=O)Cl.[I-].[Na+]. The first-order chi connectivity index (χ1) is 17.6. The van der Waals surface area contributed by atoms with E-state index in [0.29, 0.717) is 32.2 Å². The standard InChI is InChI=1S/C8H16O5S.C8H16O2.C7H14O3.CH3ClO2S.CH4.HI.Na/c1-8(2)11-6-7(13-8)4-5-12-14(3,9)10;1-4-5-7-6-9-8(2,3)10-7;1-7(2)9-5-6(10-7)3-4-8;1-5(2,3)4;;;/h7H,4-6H2,1-3H3;7H,4-6H2,1-3H3;6,8H,3-5H2,1-2H3;1H3;1H4;1H;/q;;;;;;+1/p-1/t2*7-;6-;;;;/m000..../s1. The van der Waals surface area contributed by atoms with Crippen LogP contribution in [0.5, 0.6) is 0 Å². The van der Waals surface area contributed by atoms with Crippen LogP contribution in [0.25, 0.3) is 0 Å². The summed E-state index contributed by atoms with van der Waals surface area (Å²) in [6.45, 7) is 15.7. The number of halogens is 2. The predicted molar refractivity (Wildman–Crippen MR) is 154 cm³/mol. The van der Waals surface area contributed by atoms with Crippen LogP contribution in [0.15, 0.2) is 0 Å². The maximum atomic E-state index is 10.6. The topological polar surface area (TPSA) is 153 Å². The van der Waals surface area contributed by atoms with E-state index >= 15 is 0 Å². The van der Waals surface area contributed by atoms with Gasteiger partial charge in [-0.2, -0.15) is 8.42 Å². The first kappa shape index (κ1) is 50.5. The summed E-state index contributed by atoms with van der Waals surface area (Å²) < 4.78 is 77.1. The molecule has 3 aliphatic heterocycles. The van der Waals surface area contributed by atoms with Gasteiger partial charge in [0.05, 0.1) is 57.3 Å². The van der Waals surface area contributed by atoms with Gasteiger partial charge in [0.1, 0.15) is 0 Å². The molecule has 0 aromatic carbocycles. The number of ether oxygens (including phenoxy) is 6. The molecule has 3 heterocycles. The zero-order valence-corrected chi connectivity index (χ0v) is 32.7. The van der Waals surface area contributed by atoms with Gasteiger partial charge in [-0.25, -0.2) is 8.42 Å². The molecule has 0 bridgehead atoms. The quantitative estimate of drug-likeness (QED) is 0.123. The second-order valence-electron chi connectivity index (χ2n) is 10.6. The normalized spacial score (nSPS) is 25.0. The van der Waals surface area contributed by atoms with Gasteiger partial charge in [0.25, 0.3) is 10.1 Å². The Bertz CT molecular complexity index is 869. The van der Waals surface area contributed by atoms with Crippen molar-refractivity contribution in [3.63, 3.8) is 0 Å². The maximum absolute atomic E-state index is 10.6. The number of rotatable bonds is 8. The number of hydrogen-bond acceptors (Lipinski definition) is 12. The van der Waals surface area contributed by atoms with Gasteiger partial charge < -0.3 is 57.5 Å². The minimum atomic E-state index is -3.34. The molecule has 17 heteroatoms. The Labute approximate surface area is 298 Å². The van der Waals surface area contributed by atoms with Gasteiger partial charge in [0.2, 0.25) is 9.05 Å². The van der Waals surface area contributed by atoms with Gasteiger partial charge in [-0.1, -0.05) is 20.8 Å². The van der Waals surface area contributed by atoms with Crippen LogP contribution < -0.4 is 53.5 Å². The average molecular weight is 795 g/mol. The summed E-state index contributed by atoms with van der Waals surface area (Å²) in [6, 6.07) is 0. The minimum absolute atomic E-state index is 0. The van der Waals surface area contributed by atoms with Crippen LogP contribution >= 0.6 is 10.7 Å². The second-order valence-corrected chi connectivity index (χ2v) is 15.3. The van der Waals surface area contributed by atoms with Crippen LogP contribution in [0.4, 0.5) is 0 Å². The smallest absolute Gasteiger partial charge is 1.00 e. The Morgan fingerprint density at radius 3 is 1.31 bits per heavy atom. The molecule has 3 rings (SSSR count). The Morgan fingerprint density at radius 1 is 0.762 bits per heavy atom. The molecule has 252 valence electrons. The molecule has 0 spiro atoms. The number of hydrogen-bond donors (Lipinski definition) is 1. The van der Waals surface area contributed by atoms with E-state index in [4.69, 9.17) is 33.5 Å². The molecule has 0 aromatic rings. The fourth-order valence-electron chi connectivity index (χ4n) is 3.51. The molecule has 0 unspecified atom stereocenters. The van der Waals surface area contributed by atoms with Crippen molar-refractivity contribution >= 4 is 29.9 Å². The van der Waals surface area contributed by atoms with Gasteiger partial charge >= 0.3 is 29.6 Å². The van der Waals surface area contributed by atoms with Gasteiger partial charge in [-0.3, -0.25) is 4.18 Å². The molecule has 42 heavy (non-hydrogen) atoms. The maximum Gasteiger partial charge on any atom is 1.00 e. The van der Waals surface area contributed by atoms with Crippen molar-refractivity contribution in [2.24, 2.45) is 0 Å². The molecule has 0 saturated carbocycles. The fraction of sp³-hybridized carbons (Fsp3) is 1.00. The summed E-state index contributed by atoms with van der Waals surface area (Å²) in [5.41, 5.74) is 0. The molecule has 0 amide bonds. The van der Waals surface area contributed by atoms with Gasteiger partial charge in [-0.05, 0) is 54.4 Å². The molecule has 3 saturated heterocycles. The van der Waals surface area contributed by atoms with Crippen molar-refractivity contribution in [3.05, 3.63) is 0 Å². The van der Waals surface area contributed by atoms with Crippen molar-refractivity contribution in [1.29, 1.82) is 0 Å². The van der Waals surface area contributed by atoms with E-state index < -0.39 is 30.7 Å². The average Bonchev–Trinajstić information content (AvgIpc) is 3.37. The van der Waals surface area contributed by atoms with Crippen molar-refractivity contribution in [2.45, 2.75) is 117 Å². The zero-order valence-electron chi connectivity index (χ0n) is 26.1. The van der Waals surface area contributed by atoms with Gasteiger partial charge in [-0.15, -0.1) is 0 Å². The molecule has 1 N–H and O–H groups in total. The Balaban J connectivity index is -0.000000234. The largest absolute Gasteiger partial charge is 1.00 e. The Hall–Kier alpha value is 1.60. The summed E-state index contributed by atoms with van der Waals surface area (Å²) in [4.78, 5) is 0. The third-order valence-electron chi connectivity index (χ3n) is 5.00. The van der Waals surface area contributed by atoms with Crippen LogP contribution in [-0.4, -0.2) is 103 Å². The molecular weight excluding hydrogens is 742 g/mol. The first-order valence-corrected chi connectivity index (χ1v) is 17.4. The van der Waals surface area contributed by atoms with E-state index in [1.165, 1.54) is 6.42 Å². The number of aliphatic hydroxyl groups is 1. The molecule has 0 aliphatic carbocycles. The summed E-state index contributed by atoms with van der Waals surface area (Å²) >= 11 is 0. The van der Waals surface area contributed by atoms with Gasteiger partial charge in [0.15, 0.2) is 17.4 Å². The van der Waals surface area contributed by atoms with Gasteiger partial charge in [0, 0.05) is 23.7 Å². The second kappa shape index (κ2) is 23.0. The van der Waals surface area contributed by atoms with Crippen molar-refractivity contribution in [1.82, 2.24) is 0 Å². The van der Waals surface area contributed by atoms with E-state index in [9.17, 15) is 16.8 Å². The third-order valence-corrected chi connectivity index (χ3v) is 5.60. The van der Waals surface area contributed by atoms with Crippen LogP contribution in [0.2, 0.25) is 0 Å². The Kier molecular flexibility index (Phi) is 27.6. The van der Waals surface area contributed by atoms with E-state index in [-0.39, 0.29) is 92.2 Å². The van der Waals surface area contributed by atoms with E-state index in [1.54, 1.807) is 0 Å². The molecule has 3 fully saturated rings. The molecule has 0 radical (unpaired) electrons. The molecular formula is C25H53ClINaO12S2. The molecule has 3 aliphatic rings. The summed E-state index contributed by atoms with van der Waals surface area (Å²) in [7, 11) is -2.03. The first-order valence-electron chi connectivity index (χ1n) is 12.9. The fourth-order valence-corrected chi connectivity index (χ4v) is 3.91. The molecule has 3 atom stereocenters. The molecule has 0 aromatic heterocycles. The van der Waals surface area contributed by atoms with E-state index in [1.807, 2.05) is 41.5 Å². The monoisotopic (exact) mass is 794 g/mol. The molecule has 12 nitrogen and oxygen atoms in total. The van der Waals surface area contributed by atoms with Crippen molar-refractivity contribution < 1.29 is 108 Å². The van der Waals surface area contributed by atoms with Crippen molar-refractivity contribution in [2.75, 3.05) is 45.5 Å². The van der Waals surface area contributed by atoms with Crippen LogP contribution in [0, 0.1) is 0 Å². The Morgan fingerprint density at radius 2 is 1.07 bits per heavy atom. The zero-order chi connectivity index (χ0) is 30.5. The summed E-state index contributed by atoms with van der Waals surface area (Å²) in [5, 5.41) is 8.56. The van der Waals surface area contributed by atoms with E-state index in [2.05, 4.69) is 21.8 Å².